The van der Waals surface area contributed by atoms with Crippen molar-refractivity contribution >= 4 is 5.69 Å². The van der Waals surface area contributed by atoms with Crippen LogP contribution >= 0.6 is 0 Å². The first-order valence-corrected chi connectivity index (χ1v) is 11.9. The van der Waals surface area contributed by atoms with Crippen molar-refractivity contribution in [3.05, 3.63) is 66.2 Å². The fourth-order valence-corrected chi connectivity index (χ4v) is 4.19. The lowest BCUT2D eigenvalue weighted by Crippen LogP contribution is -2.45. The van der Waals surface area contributed by atoms with Crippen LogP contribution in [0.5, 0.6) is 0 Å². The molecule has 1 unspecified atom stereocenters. The number of aryl methyl sites for hydroxylation is 1. The first-order valence-electron chi connectivity index (χ1n) is 11.9. The molecule has 1 aliphatic rings. The van der Waals surface area contributed by atoms with E-state index in [2.05, 4.69) is 87.1 Å². The highest BCUT2D eigenvalue weighted by Crippen LogP contribution is 2.50. The molecular formula is C27H43N3. The standard InChI is InChI=1S/C27H43N3/c1-7-10-11-12-20-28-26(9-3)27(18-13-19-27)23(6)29-21(4)22(5)30-25-16-14-24(8-2)15-17-25/h9,14-17,21,28-30H,5-8,10-13,18-20H2,1-4H3/b26-9+. The largest absolute Gasteiger partial charge is 0.388 e. The van der Waals surface area contributed by atoms with Crippen molar-refractivity contribution in [2.75, 3.05) is 11.9 Å². The molecule has 30 heavy (non-hydrogen) atoms. The lowest BCUT2D eigenvalue weighted by molar-refractivity contribution is 0.209. The second-order valence-corrected chi connectivity index (χ2v) is 8.67. The Balaban J connectivity index is 1.92. The van der Waals surface area contributed by atoms with Crippen LogP contribution in [0.3, 0.4) is 0 Å². The van der Waals surface area contributed by atoms with Gasteiger partial charge in [-0.25, -0.2) is 0 Å². The van der Waals surface area contributed by atoms with Crippen LogP contribution in [0.1, 0.15) is 78.2 Å². The minimum atomic E-state index is 0.0385. The monoisotopic (exact) mass is 409 g/mol. The molecule has 0 saturated heterocycles. The second kappa shape index (κ2) is 11.9. The Hall–Kier alpha value is -2.16. The smallest absolute Gasteiger partial charge is 0.0626 e. The Labute approximate surface area is 185 Å². The molecule has 2 rings (SSSR count). The minimum Gasteiger partial charge on any atom is -0.388 e. The molecule has 1 aromatic carbocycles. The van der Waals surface area contributed by atoms with Crippen LogP contribution in [0.4, 0.5) is 5.69 Å². The molecule has 0 spiro atoms. The SMILES string of the molecule is C=C(Nc1ccc(CC)cc1)C(C)NC(=C)C1(/C(=C\C)NCCCCCC)CCC1. The summed E-state index contributed by atoms with van der Waals surface area (Å²) in [7, 11) is 0. The number of anilines is 1. The normalized spacial score (nSPS) is 16.3. The maximum absolute atomic E-state index is 4.47. The number of benzene rings is 1. The van der Waals surface area contributed by atoms with Crippen LogP contribution in [0, 0.1) is 5.41 Å². The average molecular weight is 410 g/mol. The van der Waals surface area contributed by atoms with Gasteiger partial charge in [-0.1, -0.05) is 70.9 Å². The van der Waals surface area contributed by atoms with Gasteiger partial charge in [-0.05, 0) is 57.2 Å². The fourth-order valence-electron chi connectivity index (χ4n) is 4.19. The zero-order valence-corrected chi connectivity index (χ0v) is 19.7. The Morgan fingerprint density at radius 2 is 1.80 bits per heavy atom. The summed E-state index contributed by atoms with van der Waals surface area (Å²) in [6.07, 6.45) is 12.0. The molecule has 0 aliphatic heterocycles. The highest BCUT2D eigenvalue weighted by Gasteiger charge is 2.43. The summed E-state index contributed by atoms with van der Waals surface area (Å²) < 4.78 is 0. The number of allylic oxidation sites excluding steroid dienone is 1. The van der Waals surface area contributed by atoms with Gasteiger partial charge < -0.3 is 16.0 Å². The molecule has 1 saturated carbocycles. The third-order valence-corrected chi connectivity index (χ3v) is 6.52. The van der Waals surface area contributed by atoms with E-state index >= 15 is 0 Å². The number of unbranched alkanes of at least 4 members (excludes halogenated alkanes) is 3. The Morgan fingerprint density at radius 1 is 1.10 bits per heavy atom. The predicted octanol–water partition coefficient (Wildman–Crippen LogP) is 6.91. The molecule has 3 heteroatoms. The molecule has 1 atom stereocenters. The maximum Gasteiger partial charge on any atom is 0.0626 e. The van der Waals surface area contributed by atoms with Gasteiger partial charge in [0.05, 0.1) is 6.04 Å². The van der Waals surface area contributed by atoms with E-state index in [4.69, 9.17) is 0 Å². The molecule has 166 valence electrons. The molecule has 3 nitrogen and oxygen atoms in total. The molecular weight excluding hydrogens is 366 g/mol. The van der Waals surface area contributed by atoms with E-state index in [0.29, 0.717) is 0 Å². The molecule has 0 amide bonds. The molecule has 0 bridgehead atoms. The summed E-state index contributed by atoms with van der Waals surface area (Å²) in [5.74, 6) is 0. The van der Waals surface area contributed by atoms with Crippen molar-refractivity contribution in [1.29, 1.82) is 0 Å². The van der Waals surface area contributed by atoms with E-state index in [0.717, 1.165) is 42.9 Å². The van der Waals surface area contributed by atoms with Crippen molar-refractivity contribution in [2.45, 2.75) is 85.1 Å². The van der Waals surface area contributed by atoms with E-state index in [-0.39, 0.29) is 11.5 Å². The van der Waals surface area contributed by atoms with Crippen molar-refractivity contribution in [2.24, 2.45) is 5.41 Å². The number of rotatable bonds is 14. The lowest BCUT2D eigenvalue weighted by atomic mass is 9.64. The van der Waals surface area contributed by atoms with Gasteiger partial charge in [-0.15, -0.1) is 0 Å². The van der Waals surface area contributed by atoms with Crippen LogP contribution in [0.2, 0.25) is 0 Å². The van der Waals surface area contributed by atoms with Gasteiger partial charge in [0.2, 0.25) is 0 Å². The van der Waals surface area contributed by atoms with Crippen LogP contribution in [0.15, 0.2) is 60.6 Å². The number of hydrogen-bond acceptors (Lipinski definition) is 3. The first-order chi connectivity index (χ1) is 14.5. The Kier molecular flexibility index (Phi) is 9.55. The van der Waals surface area contributed by atoms with Gasteiger partial charge in [-0.3, -0.25) is 0 Å². The molecule has 1 aliphatic carbocycles. The predicted molar refractivity (Wildman–Crippen MR) is 133 cm³/mol. The molecule has 0 radical (unpaired) electrons. The van der Waals surface area contributed by atoms with Crippen molar-refractivity contribution in [3.63, 3.8) is 0 Å². The lowest BCUT2D eigenvalue weighted by Gasteiger charge is -2.46. The fraction of sp³-hybridized carbons (Fsp3) is 0.556. The summed E-state index contributed by atoms with van der Waals surface area (Å²) >= 11 is 0. The highest BCUT2D eigenvalue weighted by atomic mass is 15.0. The summed E-state index contributed by atoms with van der Waals surface area (Å²) in [5, 5.41) is 10.8. The average Bonchev–Trinajstić information content (AvgIpc) is 2.71. The Morgan fingerprint density at radius 3 is 2.33 bits per heavy atom. The summed E-state index contributed by atoms with van der Waals surface area (Å²) in [4.78, 5) is 0. The third kappa shape index (κ3) is 6.17. The van der Waals surface area contributed by atoms with Gasteiger partial charge >= 0.3 is 0 Å². The molecule has 3 N–H and O–H groups in total. The molecule has 0 aromatic heterocycles. The zero-order chi connectivity index (χ0) is 22.0. The van der Waals surface area contributed by atoms with Crippen LogP contribution in [0.25, 0.3) is 0 Å². The third-order valence-electron chi connectivity index (χ3n) is 6.52. The molecule has 0 heterocycles. The van der Waals surface area contributed by atoms with E-state index in [1.807, 2.05) is 0 Å². The van der Waals surface area contributed by atoms with E-state index in [9.17, 15) is 0 Å². The quantitative estimate of drug-likeness (QED) is 0.292. The van der Waals surface area contributed by atoms with Crippen molar-refractivity contribution < 1.29 is 0 Å². The van der Waals surface area contributed by atoms with Gasteiger partial charge in [0.1, 0.15) is 0 Å². The van der Waals surface area contributed by atoms with Crippen LogP contribution in [-0.4, -0.2) is 12.6 Å². The highest BCUT2D eigenvalue weighted by molar-refractivity contribution is 5.50. The first kappa shape index (κ1) is 24.1. The minimum absolute atomic E-state index is 0.0385. The van der Waals surface area contributed by atoms with E-state index in [1.54, 1.807) is 0 Å². The van der Waals surface area contributed by atoms with Crippen molar-refractivity contribution in [1.82, 2.24) is 10.6 Å². The van der Waals surface area contributed by atoms with E-state index < -0.39 is 0 Å². The van der Waals surface area contributed by atoms with Gasteiger partial charge in [-0.2, -0.15) is 0 Å². The molecule has 1 aromatic rings. The van der Waals surface area contributed by atoms with Crippen LogP contribution in [-0.2, 0) is 6.42 Å². The summed E-state index contributed by atoms with van der Waals surface area (Å²) in [6, 6.07) is 8.68. The topological polar surface area (TPSA) is 36.1 Å². The van der Waals surface area contributed by atoms with Gasteiger partial charge in [0.25, 0.3) is 0 Å². The van der Waals surface area contributed by atoms with Gasteiger partial charge in [0.15, 0.2) is 0 Å². The number of nitrogens with one attached hydrogen (secondary N) is 3. The Bertz CT molecular complexity index is 710. The summed E-state index contributed by atoms with van der Waals surface area (Å²) in [5.41, 5.74) is 5.88. The van der Waals surface area contributed by atoms with Gasteiger partial charge in [0, 0.05) is 34.7 Å². The molecule has 1 fully saturated rings. The van der Waals surface area contributed by atoms with Crippen molar-refractivity contribution in [3.8, 4) is 0 Å². The zero-order valence-electron chi connectivity index (χ0n) is 19.7. The van der Waals surface area contributed by atoms with Crippen LogP contribution < -0.4 is 16.0 Å². The summed E-state index contributed by atoms with van der Waals surface area (Å²) in [6.45, 7) is 18.5. The second-order valence-electron chi connectivity index (χ2n) is 8.67. The number of hydrogen-bond donors (Lipinski definition) is 3. The maximum atomic E-state index is 4.47. The van der Waals surface area contributed by atoms with E-state index in [1.165, 1.54) is 43.4 Å².